The third kappa shape index (κ3) is 6.60. The molecule has 0 amide bonds. The Morgan fingerprint density at radius 1 is 1.46 bits per heavy atom. The zero-order valence-corrected chi connectivity index (χ0v) is 7.69. The van der Waals surface area contributed by atoms with Gasteiger partial charge >= 0.3 is 6.18 Å². The van der Waals surface area contributed by atoms with E-state index in [9.17, 15) is 13.2 Å². The molecule has 0 aromatic heterocycles. The molecule has 78 valence electrons. The molecule has 0 aliphatic heterocycles. The van der Waals surface area contributed by atoms with Gasteiger partial charge in [0.05, 0.1) is 6.54 Å². The van der Waals surface area contributed by atoms with Crippen LogP contribution in [0.1, 0.15) is 6.92 Å². The van der Waals surface area contributed by atoms with Crippen LogP contribution in [-0.4, -0.2) is 37.3 Å². The van der Waals surface area contributed by atoms with Crippen LogP contribution in [0.25, 0.3) is 0 Å². The number of alkyl halides is 3. The van der Waals surface area contributed by atoms with E-state index in [4.69, 9.17) is 5.73 Å². The van der Waals surface area contributed by atoms with Crippen LogP contribution in [0.4, 0.5) is 13.2 Å². The monoisotopic (exact) mass is 196 g/mol. The van der Waals surface area contributed by atoms with Crippen molar-refractivity contribution >= 4 is 0 Å². The minimum Gasteiger partial charge on any atom is -0.327 e. The molecule has 0 fully saturated rings. The first-order valence-electron chi connectivity index (χ1n) is 4.05. The third-order valence-electron chi connectivity index (χ3n) is 1.59. The van der Waals surface area contributed by atoms with Crippen LogP contribution < -0.4 is 5.73 Å². The molecule has 2 N–H and O–H groups in total. The molecular weight excluding hydrogens is 181 g/mol. The van der Waals surface area contributed by atoms with E-state index in [0.29, 0.717) is 12.1 Å². The normalized spacial score (nSPS) is 12.2. The summed E-state index contributed by atoms with van der Waals surface area (Å²) in [5.41, 5.74) is 5.85. The van der Waals surface area contributed by atoms with Crippen molar-refractivity contribution in [3.8, 4) is 0 Å². The number of nitrogens with zero attached hydrogens (tertiary/aromatic N) is 1. The molecule has 0 rings (SSSR count). The zero-order chi connectivity index (χ0) is 10.5. The SMILES string of the molecule is C=C(CN)CN(CC)CC(F)(F)F. The number of nitrogens with two attached hydrogens (primary N) is 1. The van der Waals surface area contributed by atoms with Crippen LogP contribution >= 0.6 is 0 Å². The Morgan fingerprint density at radius 2 is 2.00 bits per heavy atom. The van der Waals surface area contributed by atoms with Crippen molar-refractivity contribution in [1.29, 1.82) is 0 Å². The smallest absolute Gasteiger partial charge is 0.327 e. The molecule has 0 saturated carbocycles. The molecule has 0 aromatic rings. The molecule has 13 heavy (non-hydrogen) atoms. The minimum absolute atomic E-state index is 0.215. The molecular formula is C8H15F3N2. The lowest BCUT2D eigenvalue weighted by Crippen LogP contribution is -2.36. The first-order chi connectivity index (χ1) is 5.89. The summed E-state index contributed by atoms with van der Waals surface area (Å²) in [6.45, 7) is 5.12. The van der Waals surface area contributed by atoms with Crippen LogP contribution in [0.5, 0.6) is 0 Å². The molecule has 0 radical (unpaired) electrons. The fourth-order valence-electron chi connectivity index (χ4n) is 0.914. The lowest BCUT2D eigenvalue weighted by molar-refractivity contribution is -0.144. The quantitative estimate of drug-likeness (QED) is 0.673. The molecule has 0 saturated heterocycles. The first-order valence-corrected chi connectivity index (χ1v) is 4.05. The summed E-state index contributed by atoms with van der Waals surface area (Å²) >= 11 is 0. The highest BCUT2D eigenvalue weighted by Gasteiger charge is 2.29. The van der Waals surface area contributed by atoms with Crippen LogP contribution in [0, 0.1) is 0 Å². The van der Waals surface area contributed by atoms with Crippen molar-refractivity contribution in [2.45, 2.75) is 13.1 Å². The number of hydrogen-bond acceptors (Lipinski definition) is 2. The fraction of sp³-hybridized carbons (Fsp3) is 0.750. The molecule has 2 nitrogen and oxygen atoms in total. The van der Waals surface area contributed by atoms with E-state index in [1.165, 1.54) is 4.90 Å². The second-order valence-corrected chi connectivity index (χ2v) is 2.87. The summed E-state index contributed by atoms with van der Waals surface area (Å²) < 4.78 is 35.8. The second-order valence-electron chi connectivity index (χ2n) is 2.87. The van der Waals surface area contributed by atoms with Gasteiger partial charge in [-0.2, -0.15) is 13.2 Å². The Hall–Kier alpha value is -0.550. The Labute approximate surface area is 76.2 Å². The Bertz CT molecular complexity index is 165. The van der Waals surface area contributed by atoms with Crippen molar-refractivity contribution in [3.63, 3.8) is 0 Å². The van der Waals surface area contributed by atoms with E-state index >= 15 is 0 Å². The highest BCUT2D eigenvalue weighted by molar-refractivity contribution is 4.98. The van der Waals surface area contributed by atoms with Gasteiger partial charge in [-0.05, 0) is 12.1 Å². The van der Waals surface area contributed by atoms with Crippen LogP contribution in [0.15, 0.2) is 12.2 Å². The van der Waals surface area contributed by atoms with Gasteiger partial charge in [0.25, 0.3) is 0 Å². The van der Waals surface area contributed by atoms with Gasteiger partial charge in [-0.15, -0.1) is 0 Å². The van der Waals surface area contributed by atoms with E-state index in [1.807, 2.05) is 0 Å². The first kappa shape index (κ1) is 12.4. The summed E-state index contributed by atoms with van der Waals surface area (Å²) in [6, 6.07) is 0. The Kier molecular flexibility index (Phi) is 5.02. The van der Waals surface area contributed by atoms with E-state index in [2.05, 4.69) is 6.58 Å². The maximum absolute atomic E-state index is 11.9. The number of halogens is 3. The molecule has 0 aliphatic rings. The lowest BCUT2D eigenvalue weighted by atomic mass is 10.3. The van der Waals surface area contributed by atoms with E-state index < -0.39 is 12.7 Å². The van der Waals surface area contributed by atoms with Gasteiger partial charge in [-0.25, -0.2) is 0 Å². The summed E-state index contributed by atoms with van der Waals surface area (Å²) in [4.78, 5) is 1.26. The summed E-state index contributed by atoms with van der Waals surface area (Å²) in [5.74, 6) is 0. The van der Waals surface area contributed by atoms with E-state index in [-0.39, 0.29) is 13.1 Å². The standard InChI is InChI=1S/C8H15F3N2/c1-3-13(5-7(2)4-12)6-8(9,10)11/h2-6,12H2,1H3. The maximum Gasteiger partial charge on any atom is 0.401 e. The zero-order valence-electron chi connectivity index (χ0n) is 7.69. The maximum atomic E-state index is 11.9. The molecule has 0 aliphatic carbocycles. The van der Waals surface area contributed by atoms with E-state index in [1.54, 1.807) is 6.92 Å². The van der Waals surface area contributed by atoms with Crippen molar-refractivity contribution in [2.75, 3.05) is 26.2 Å². The highest BCUT2D eigenvalue weighted by Crippen LogP contribution is 2.16. The average molecular weight is 196 g/mol. The van der Waals surface area contributed by atoms with E-state index in [0.717, 1.165) is 0 Å². The topological polar surface area (TPSA) is 29.3 Å². The largest absolute Gasteiger partial charge is 0.401 e. The van der Waals surface area contributed by atoms with Gasteiger partial charge in [0, 0.05) is 13.1 Å². The van der Waals surface area contributed by atoms with Crippen molar-refractivity contribution < 1.29 is 13.2 Å². The van der Waals surface area contributed by atoms with Crippen LogP contribution in [0.3, 0.4) is 0 Å². The molecule has 0 unspecified atom stereocenters. The summed E-state index contributed by atoms with van der Waals surface area (Å²) in [7, 11) is 0. The average Bonchev–Trinajstić information content (AvgIpc) is 2.00. The number of rotatable bonds is 5. The predicted molar refractivity (Wildman–Crippen MR) is 46.4 cm³/mol. The highest BCUT2D eigenvalue weighted by atomic mass is 19.4. The number of hydrogen-bond donors (Lipinski definition) is 1. The third-order valence-corrected chi connectivity index (χ3v) is 1.59. The van der Waals surface area contributed by atoms with Crippen molar-refractivity contribution in [1.82, 2.24) is 4.90 Å². The predicted octanol–water partition coefficient (Wildman–Crippen LogP) is 1.39. The minimum atomic E-state index is -4.15. The van der Waals surface area contributed by atoms with Crippen molar-refractivity contribution in [2.24, 2.45) is 5.73 Å². The Morgan fingerprint density at radius 3 is 2.31 bits per heavy atom. The van der Waals surface area contributed by atoms with Gasteiger partial charge in [-0.1, -0.05) is 13.5 Å². The van der Waals surface area contributed by atoms with Gasteiger partial charge in [-0.3, -0.25) is 4.90 Å². The van der Waals surface area contributed by atoms with Gasteiger partial charge in [0.15, 0.2) is 0 Å². The van der Waals surface area contributed by atoms with Gasteiger partial charge in [0.2, 0.25) is 0 Å². The van der Waals surface area contributed by atoms with Crippen LogP contribution in [0.2, 0.25) is 0 Å². The second kappa shape index (κ2) is 5.24. The van der Waals surface area contributed by atoms with Gasteiger partial charge in [0.1, 0.15) is 0 Å². The molecule has 0 bridgehead atoms. The molecule has 5 heteroatoms. The van der Waals surface area contributed by atoms with Gasteiger partial charge < -0.3 is 5.73 Å². The molecule has 0 aromatic carbocycles. The number of likely N-dealkylation sites (N-methyl/N-ethyl adjacent to an activating group) is 1. The molecule has 0 heterocycles. The Balaban J connectivity index is 3.97. The summed E-state index contributed by atoms with van der Waals surface area (Å²) in [6.07, 6.45) is -4.15. The summed E-state index contributed by atoms with van der Waals surface area (Å²) in [5, 5.41) is 0. The fourth-order valence-corrected chi connectivity index (χ4v) is 0.914. The molecule has 0 spiro atoms. The lowest BCUT2D eigenvalue weighted by Gasteiger charge is -2.22. The van der Waals surface area contributed by atoms with Crippen molar-refractivity contribution in [3.05, 3.63) is 12.2 Å². The van der Waals surface area contributed by atoms with Crippen LogP contribution in [-0.2, 0) is 0 Å². The molecule has 0 atom stereocenters.